The molecule has 0 radical (unpaired) electrons. The molecule has 1 atom stereocenters. The van der Waals surface area contributed by atoms with Crippen LogP contribution < -0.4 is 4.74 Å². The summed E-state index contributed by atoms with van der Waals surface area (Å²) < 4.78 is 5.15. The zero-order valence-electron chi connectivity index (χ0n) is 9.08. The van der Waals surface area contributed by atoms with Crippen LogP contribution in [0.15, 0.2) is 24.3 Å². The van der Waals surface area contributed by atoms with Crippen molar-refractivity contribution in [3.63, 3.8) is 0 Å². The fraction of sp³-hybridized carbons (Fsp3) is 0.538. The predicted octanol–water partition coefficient (Wildman–Crippen LogP) is 4.32. The summed E-state index contributed by atoms with van der Waals surface area (Å²) in [5.41, 5.74) is 1.36. The van der Waals surface area contributed by atoms with Crippen molar-refractivity contribution in [3.8, 4) is 5.75 Å². The van der Waals surface area contributed by atoms with Gasteiger partial charge in [-0.3, -0.25) is 0 Å². The van der Waals surface area contributed by atoms with Gasteiger partial charge in [0.25, 0.3) is 0 Å². The average molecular weight is 269 g/mol. The summed E-state index contributed by atoms with van der Waals surface area (Å²) in [7, 11) is 1.70. The molecule has 1 aromatic rings. The van der Waals surface area contributed by atoms with Crippen molar-refractivity contribution in [3.05, 3.63) is 29.8 Å². The highest BCUT2D eigenvalue weighted by Crippen LogP contribution is 2.38. The molecule has 0 heterocycles. The molecular weight excluding hydrogens is 252 g/mol. The third-order valence-corrected chi connectivity index (χ3v) is 4.14. The van der Waals surface area contributed by atoms with Gasteiger partial charge in [0.05, 0.1) is 7.11 Å². The molecule has 0 bridgehead atoms. The number of ether oxygens (including phenoxy) is 1. The Labute approximate surface area is 100.0 Å². The first kappa shape index (κ1) is 11.0. The van der Waals surface area contributed by atoms with Gasteiger partial charge in [-0.15, -0.1) is 0 Å². The Hall–Kier alpha value is -0.500. The van der Waals surface area contributed by atoms with Crippen LogP contribution in [0.3, 0.4) is 0 Å². The quantitative estimate of drug-likeness (QED) is 0.739. The van der Waals surface area contributed by atoms with Crippen molar-refractivity contribution in [2.24, 2.45) is 5.92 Å². The Balaban J connectivity index is 1.94. The van der Waals surface area contributed by atoms with Crippen molar-refractivity contribution < 1.29 is 4.74 Å². The van der Waals surface area contributed by atoms with Gasteiger partial charge in [-0.2, -0.15) is 0 Å². The number of rotatable bonds is 4. The van der Waals surface area contributed by atoms with Crippen LogP contribution in [0, 0.1) is 5.92 Å². The summed E-state index contributed by atoms with van der Waals surface area (Å²) in [6.45, 7) is 0. The largest absolute Gasteiger partial charge is 0.497 e. The maximum atomic E-state index is 5.15. The van der Waals surface area contributed by atoms with Gasteiger partial charge < -0.3 is 4.74 Å². The second-order valence-electron chi connectivity index (χ2n) is 4.27. The summed E-state index contributed by atoms with van der Waals surface area (Å²) in [6, 6.07) is 8.36. The first-order chi connectivity index (χ1) is 7.29. The van der Waals surface area contributed by atoms with Crippen LogP contribution in [0.4, 0.5) is 0 Å². The maximum absolute atomic E-state index is 5.15. The molecule has 0 saturated heterocycles. The van der Waals surface area contributed by atoms with Gasteiger partial charge in [-0.05, 0) is 30.0 Å². The van der Waals surface area contributed by atoms with Crippen LogP contribution >= 0.6 is 15.9 Å². The molecule has 1 aliphatic rings. The van der Waals surface area contributed by atoms with Gasteiger partial charge >= 0.3 is 0 Å². The lowest BCUT2D eigenvalue weighted by atomic mass is 9.81. The highest BCUT2D eigenvalue weighted by Gasteiger charge is 2.21. The molecule has 0 spiro atoms. The minimum atomic E-state index is 0.508. The van der Waals surface area contributed by atoms with Crippen molar-refractivity contribution in [1.29, 1.82) is 0 Å². The second-order valence-corrected chi connectivity index (χ2v) is 5.38. The lowest BCUT2D eigenvalue weighted by molar-refractivity contribution is 0.295. The van der Waals surface area contributed by atoms with E-state index >= 15 is 0 Å². The Kier molecular flexibility index (Phi) is 3.68. The number of benzene rings is 1. The second kappa shape index (κ2) is 5.02. The molecule has 82 valence electrons. The fourth-order valence-electron chi connectivity index (χ4n) is 1.97. The molecule has 0 aliphatic heterocycles. The van der Waals surface area contributed by atoms with E-state index in [0.717, 1.165) is 11.7 Å². The van der Waals surface area contributed by atoms with E-state index < -0.39 is 0 Å². The summed E-state index contributed by atoms with van der Waals surface area (Å²) >= 11 is 3.77. The zero-order chi connectivity index (χ0) is 10.7. The molecule has 0 aromatic heterocycles. The van der Waals surface area contributed by atoms with Crippen molar-refractivity contribution in [2.45, 2.75) is 30.5 Å². The van der Waals surface area contributed by atoms with E-state index in [4.69, 9.17) is 4.74 Å². The average Bonchev–Trinajstić information content (AvgIpc) is 2.23. The van der Waals surface area contributed by atoms with Gasteiger partial charge in [0.2, 0.25) is 0 Å². The minimum Gasteiger partial charge on any atom is -0.497 e. The standard InChI is InChI=1S/C13H17BrO/c1-15-12-7-5-11(6-8-12)13(14)9-10-3-2-4-10/h5-8,10,13H,2-4,9H2,1H3. The van der Waals surface area contributed by atoms with Gasteiger partial charge in [0.15, 0.2) is 0 Å². The molecular formula is C13H17BrO. The molecule has 1 aliphatic carbocycles. The number of hydrogen-bond acceptors (Lipinski definition) is 1. The van der Waals surface area contributed by atoms with E-state index in [2.05, 4.69) is 28.1 Å². The van der Waals surface area contributed by atoms with Gasteiger partial charge in [-0.25, -0.2) is 0 Å². The topological polar surface area (TPSA) is 9.23 Å². The molecule has 15 heavy (non-hydrogen) atoms. The van der Waals surface area contributed by atoms with E-state index in [9.17, 15) is 0 Å². The molecule has 1 fully saturated rings. The normalized spacial score (nSPS) is 18.3. The van der Waals surface area contributed by atoms with Crippen LogP contribution in [0.5, 0.6) is 5.75 Å². The molecule has 0 amide bonds. The third-order valence-electron chi connectivity index (χ3n) is 3.24. The lowest BCUT2D eigenvalue weighted by Gasteiger charge is -2.27. The molecule has 1 aromatic carbocycles. The molecule has 0 N–H and O–H groups in total. The number of halogens is 1. The van der Waals surface area contributed by atoms with Crippen LogP contribution in [0.2, 0.25) is 0 Å². The predicted molar refractivity (Wildman–Crippen MR) is 66.6 cm³/mol. The van der Waals surface area contributed by atoms with E-state index in [1.165, 1.54) is 31.2 Å². The summed E-state index contributed by atoms with van der Waals surface area (Å²) in [5.74, 6) is 1.87. The minimum absolute atomic E-state index is 0.508. The number of hydrogen-bond donors (Lipinski definition) is 0. The van der Waals surface area contributed by atoms with Crippen molar-refractivity contribution >= 4 is 15.9 Å². The highest BCUT2D eigenvalue weighted by atomic mass is 79.9. The number of methoxy groups -OCH3 is 1. The Morgan fingerprint density at radius 1 is 1.33 bits per heavy atom. The van der Waals surface area contributed by atoms with E-state index in [1.54, 1.807) is 7.11 Å². The van der Waals surface area contributed by atoms with Crippen molar-refractivity contribution in [1.82, 2.24) is 0 Å². The Morgan fingerprint density at radius 3 is 2.47 bits per heavy atom. The fourth-order valence-corrected chi connectivity index (χ4v) is 2.80. The monoisotopic (exact) mass is 268 g/mol. The molecule has 2 rings (SSSR count). The smallest absolute Gasteiger partial charge is 0.118 e. The molecule has 1 unspecified atom stereocenters. The Bertz CT molecular complexity index is 303. The van der Waals surface area contributed by atoms with Crippen LogP contribution in [0.1, 0.15) is 36.1 Å². The summed E-state index contributed by atoms with van der Waals surface area (Å²) in [4.78, 5) is 0.508. The first-order valence-corrected chi connectivity index (χ1v) is 6.49. The van der Waals surface area contributed by atoms with E-state index in [0.29, 0.717) is 4.83 Å². The Morgan fingerprint density at radius 2 is 2.00 bits per heavy atom. The van der Waals surface area contributed by atoms with Crippen LogP contribution in [0.25, 0.3) is 0 Å². The highest BCUT2D eigenvalue weighted by molar-refractivity contribution is 9.09. The lowest BCUT2D eigenvalue weighted by Crippen LogP contribution is -2.12. The number of alkyl halides is 1. The summed E-state index contributed by atoms with van der Waals surface area (Å²) in [6.07, 6.45) is 5.52. The van der Waals surface area contributed by atoms with Crippen LogP contribution in [-0.2, 0) is 0 Å². The van der Waals surface area contributed by atoms with Crippen LogP contribution in [-0.4, -0.2) is 7.11 Å². The maximum Gasteiger partial charge on any atom is 0.118 e. The molecule has 1 saturated carbocycles. The SMILES string of the molecule is COc1ccc(C(Br)CC2CCC2)cc1. The third kappa shape index (κ3) is 2.75. The summed E-state index contributed by atoms with van der Waals surface area (Å²) in [5, 5.41) is 0. The van der Waals surface area contributed by atoms with Gasteiger partial charge in [0.1, 0.15) is 5.75 Å². The van der Waals surface area contributed by atoms with E-state index in [1.807, 2.05) is 12.1 Å². The van der Waals surface area contributed by atoms with Crippen molar-refractivity contribution in [2.75, 3.05) is 7.11 Å². The molecule has 2 heteroatoms. The zero-order valence-corrected chi connectivity index (χ0v) is 10.7. The first-order valence-electron chi connectivity index (χ1n) is 5.57. The van der Waals surface area contributed by atoms with E-state index in [-0.39, 0.29) is 0 Å². The van der Waals surface area contributed by atoms with Gasteiger partial charge in [-0.1, -0.05) is 47.3 Å². The van der Waals surface area contributed by atoms with Gasteiger partial charge in [0, 0.05) is 4.83 Å². The molecule has 1 nitrogen and oxygen atoms in total.